The molecule has 5 heteroatoms. The predicted octanol–water partition coefficient (Wildman–Crippen LogP) is 1.45. The van der Waals surface area contributed by atoms with Crippen molar-refractivity contribution in [3.8, 4) is 0 Å². The van der Waals surface area contributed by atoms with Gasteiger partial charge in [-0.2, -0.15) is 0 Å². The first-order valence-corrected chi connectivity index (χ1v) is 7.05. The Bertz CT molecular complexity index is 717. The minimum absolute atomic E-state index is 0.0510. The molecule has 0 aliphatic carbocycles. The maximum absolute atomic E-state index is 12.4. The summed E-state index contributed by atoms with van der Waals surface area (Å²) in [5.41, 5.74) is 1.28. The maximum atomic E-state index is 12.4. The molecule has 2 amide bonds. The van der Waals surface area contributed by atoms with Gasteiger partial charge in [-0.3, -0.25) is 9.59 Å². The van der Waals surface area contributed by atoms with Crippen LogP contribution in [0.3, 0.4) is 0 Å². The van der Waals surface area contributed by atoms with Crippen LogP contribution in [0.5, 0.6) is 0 Å². The Morgan fingerprint density at radius 2 is 1.95 bits per heavy atom. The lowest BCUT2D eigenvalue weighted by Gasteiger charge is -2.42. The zero-order valence-corrected chi connectivity index (χ0v) is 12.4. The van der Waals surface area contributed by atoms with Gasteiger partial charge in [-0.25, -0.2) is 0 Å². The van der Waals surface area contributed by atoms with Gasteiger partial charge in [-0.15, -0.1) is 0 Å². The van der Waals surface area contributed by atoms with Gasteiger partial charge in [0.2, 0.25) is 11.8 Å². The number of rotatable bonds is 2. The van der Waals surface area contributed by atoms with E-state index in [0.29, 0.717) is 6.42 Å². The third-order valence-corrected chi connectivity index (χ3v) is 4.43. The molecule has 2 aromatic rings. The van der Waals surface area contributed by atoms with Gasteiger partial charge in [0.25, 0.3) is 0 Å². The van der Waals surface area contributed by atoms with Crippen molar-refractivity contribution in [3.63, 3.8) is 0 Å². The van der Waals surface area contributed by atoms with Gasteiger partial charge in [-0.1, -0.05) is 18.2 Å². The van der Waals surface area contributed by atoms with Crippen LogP contribution in [0.4, 0.5) is 0 Å². The first kappa shape index (κ1) is 13.7. The highest BCUT2D eigenvalue weighted by atomic mass is 16.2. The van der Waals surface area contributed by atoms with Gasteiger partial charge in [0, 0.05) is 30.6 Å². The highest BCUT2D eigenvalue weighted by Crippen LogP contribution is 2.23. The summed E-state index contributed by atoms with van der Waals surface area (Å²) >= 11 is 0. The first-order chi connectivity index (χ1) is 9.91. The molecular weight excluding hydrogens is 266 g/mol. The summed E-state index contributed by atoms with van der Waals surface area (Å²) in [4.78, 5) is 29.3. The van der Waals surface area contributed by atoms with Gasteiger partial charge in [-0.05, 0) is 25.5 Å². The fraction of sp³-hybridized carbons (Fsp3) is 0.375. The quantitative estimate of drug-likeness (QED) is 0.877. The smallest absolute Gasteiger partial charge is 0.246 e. The lowest BCUT2D eigenvalue weighted by molar-refractivity contribution is -0.153. The second-order valence-electron chi connectivity index (χ2n) is 6.05. The van der Waals surface area contributed by atoms with Crippen molar-refractivity contribution < 1.29 is 9.59 Å². The Morgan fingerprint density at radius 3 is 2.71 bits per heavy atom. The van der Waals surface area contributed by atoms with Gasteiger partial charge >= 0.3 is 0 Å². The summed E-state index contributed by atoms with van der Waals surface area (Å²) < 4.78 is 0. The highest BCUT2D eigenvalue weighted by Gasteiger charge is 2.44. The molecule has 21 heavy (non-hydrogen) atoms. The number of fused-ring (bicyclic) bond motifs is 1. The van der Waals surface area contributed by atoms with Crippen LogP contribution in [0.2, 0.25) is 0 Å². The number of H-pyrrole nitrogens is 1. The van der Waals surface area contributed by atoms with E-state index >= 15 is 0 Å². The van der Waals surface area contributed by atoms with Gasteiger partial charge in [0.05, 0.1) is 0 Å². The summed E-state index contributed by atoms with van der Waals surface area (Å²) in [6, 6.07) is 7.44. The fourth-order valence-corrected chi connectivity index (χ4v) is 2.72. The van der Waals surface area contributed by atoms with E-state index in [-0.39, 0.29) is 11.8 Å². The standard InChI is InChI=1S/C16H19N3O2/c1-16(2)15(21)18-13(14(20)19(16)3)8-10-9-17-12-7-5-4-6-11(10)12/h4-7,9,13,17H,8H2,1-3H3,(H,18,21)/t13-/m1/s1. The number of nitrogens with zero attached hydrogens (tertiary/aromatic N) is 1. The monoisotopic (exact) mass is 285 g/mol. The van der Waals surface area contributed by atoms with Crippen molar-refractivity contribution in [2.45, 2.75) is 31.8 Å². The number of nitrogens with one attached hydrogen (secondary N) is 2. The maximum Gasteiger partial charge on any atom is 0.246 e. The molecule has 1 aliphatic rings. The minimum Gasteiger partial charge on any atom is -0.361 e. The SMILES string of the molecule is CN1C(=O)[C@@H](Cc2c[nH]c3ccccc23)NC(=O)C1(C)C. The number of carbonyl (C=O) groups excluding carboxylic acids is 2. The van der Waals surface area contributed by atoms with E-state index in [4.69, 9.17) is 0 Å². The first-order valence-electron chi connectivity index (χ1n) is 7.05. The molecule has 1 aliphatic heterocycles. The summed E-state index contributed by atoms with van der Waals surface area (Å²) in [6.45, 7) is 3.50. The predicted molar refractivity (Wildman–Crippen MR) is 80.8 cm³/mol. The van der Waals surface area contributed by atoms with E-state index in [2.05, 4.69) is 10.3 Å². The van der Waals surface area contributed by atoms with Crippen molar-refractivity contribution in [2.75, 3.05) is 7.05 Å². The number of carbonyl (C=O) groups is 2. The van der Waals surface area contributed by atoms with Crippen molar-refractivity contribution in [1.29, 1.82) is 0 Å². The van der Waals surface area contributed by atoms with Gasteiger partial charge in [0.1, 0.15) is 11.6 Å². The topological polar surface area (TPSA) is 65.2 Å². The van der Waals surface area contributed by atoms with Crippen molar-refractivity contribution in [1.82, 2.24) is 15.2 Å². The van der Waals surface area contributed by atoms with Crippen LogP contribution in [0.1, 0.15) is 19.4 Å². The molecule has 1 aromatic carbocycles. The number of aromatic amines is 1. The van der Waals surface area contributed by atoms with Crippen LogP contribution < -0.4 is 5.32 Å². The molecule has 0 radical (unpaired) electrons. The molecule has 5 nitrogen and oxygen atoms in total. The molecule has 3 rings (SSSR count). The van der Waals surface area contributed by atoms with Crippen molar-refractivity contribution >= 4 is 22.7 Å². The molecular formula is C16H19N3O2. The van der Waals surface area contributed by atoms with Gasteiger partial charge in [0.15, 0.2) is 0 Å². The van der Waals surface area contributed by atoms with E-state index in [0.717, 1.165) is 16.5 Å². The molecule has 1 atom stereocenters. The molecule has 0 saturated carbocycles. The third kappa shape index (κ3) is 2.09. The number of hydrogen-bond donors (Lipinski definition) is 2. The summed E-state index contributed by atoms with van der Waals surface area (Å²) in [5, 5.41) is 3.94. The average molecular weight is 285 g/mol. The average Bonchev–Trinajstić information content (AvgIpc) is 2.87. The van der Waals surface area contributed by atoms with Crippen LogP contribution in [0, 0.1) is 0 Å². The van der Waals surface area contributed by atoms with E-state index in [1.165, 1.54) is 4.90 Å². The Balaban J connectivity index is 1.88. The largest absolute Gasteiger partial charge is 0.361 e. The molecule has 0 spiro atoms. The van der Waals surface area contributed by atoms with Crippen LogP contribution >= 0.6 is 0 Å². The Morgan fingerprint density at radius 1 is 1.24 bits per heavy atom. The molecule has 1 fully saturated rings. The molecule has 0 unspecified atom stereocenters. The second kappa shape index (κ2) is 4.62. The van der Waals surface area contributed by atoms with Crippen LogP contribution in [-0.2, 0) is 16.0 Å². The summed E-state index contributed by atoms with van der Waals surface area (Å²) in [7, 11) is 1.68. The van der Waals surface area contributed by atoms with Crippen molar-refractivity contribution in [2.24, 2.45) is 0 Å². The lowest BCUT2D eigenvalue weighted by atomic mass is 9.94. The number of piperazine rings is 1. The number of likely N-dealkylation sites (N-methyl/N-ethyl adjacent to an activating group) is 1. The normalized spacial score (nSPS) is 21.7. The molecule has 0 bridgehead atoms. The zero-order valence-electron chi connectivity index (χ0n) is 12.4. The zero-order chi connectivity index (χ0) is 15.2. The summed E-state index contributed by atoms with van der Waals surface area (Å²) in [6.07, 6.45) is 2.40. The van der Waals surface area contributed by atoms with E-state index in [9.17, 15) is 9.59 Å². The number of para-hydroxylation sites is 1. The number of benzene rings is 1. The molecule has 1 aromatic heterocycles. The van der Waals surface area contributed by atoms with Crippen molar-refractivity contribution in [3.05, 3.63) is 36.0 Å². The highest BCUT2D eigenvalue weighted by molar-refractivity contribution is 5.99. The molecule has 2 heterocycles. The Hall–Kier alpha value is -2.30. The Labute approximate surface area is 123 Å². The lowest BCUT2D eigenvalue weighted by Crippen LogP contribution is -2.67. The van der Waals surface area contributed by atoms with Crippen LogP contribution in [0.25, 0.3) is 10.9 Å². The number of amides is 2. The van der Waals surface area contributed by atoms with E-state index in [1.54, 1.807) is 20.9 Å². The molecule has 2 N–H and O–H groups in total. The third-order valence-electron chi connectivity index (χ3n) is 4.43. The molecule has 1 saturated heterocycles. The second-order valence-corrected chi connectivity index (χ2v) is 6.05. The number of hydrogen-bond acceptors (Lipinski definition) is 2. The Kier molecular flexibility index (Phi) is 3.01. The van der Waals surface area contributed by atoms with Crippen LogP contribution in [0.15, 0.2) is 30.5 Å². The molecule has 110 valence electrons. The number of aromatic nitrogens is 1. The van der Waals surface area contributed by atoms with E-state index < -0.39 is 11.6 Å². The van der Waals surface area contributed by atoms with Gasteiger partial charge < -0.3 is 15.2 Å². The fourth-order valence-electron chi connectivity index (χ4n) is 2.72. The van der Waals surface area contributed by atoms with Crippen LogP contribution in [-0.4, -0.2) is 40.3 Å². The minimum atomic E-state index is -0.798. The summed E-state index contributed by atoms with van der Waals surface area (Å²) in [5.74, 6) is -0.167. The van der Waals surface area contributed by atoms with E-state index in [1.807, 2.05) is 30.5 Å².